The fourth-order valence-electron chi connectivity index (χ4n) is 2.57. The number of carbonyl (C=O) groups excluding carboxylic acids is 1. The van der Waals surface area contributed by atoms with Crippen molar-refractivity contribution in [3.05, 3.63) is 34.9 Å². The highest BCUT2D eigenvalue weighted by Gasteiger charge is 2.20. The van der Waals surface area contributed by atoms with Crippen LogP contribution in [0.3, 0.4) is 0 Å². The van der Waals surface area contributed by atoms with E-state index in [9.17, 15) is 4.79 Å². The summed E-state index contributed by atoms with van der Waals surface area (Å²) in [5, 5.41) is 3.05. The number of fused-ring (bicyclic) bond motifs is 1. The van der Waals surface area contributed by atoms with E-state index in [0.717, 1.165) is 12.8 Å². The molecule has 0 radical (unpaired) electrons. The lowest BCUT2D eigenvalue weighted by molar-refractivity contribution is 0.102. The van der Waals surface area contributed by atoms with Crippen LogP contribution in [0.2, 0.25) is 5.02 Å². The molecule has 2 aromatic rings. The molecule has 0 spiro atoms. The molecule has 1 heterocycles. The molecule has 7 nitrogen and oxygen atoms in total. The fourth-order valence-corrected chi connectivity index (χ4v) is 2.84. The molecule has 152 valence electrons. The van der Waals surface area contributed by atoms with Gasteiger partial charge < -0.3 is 30.0 Å². The number of carbonyl (C=O) groups is 1. The lowest BCUT2D eigenvalue weighted by Crippen LogP contribution is -2.14. The summed E-state index contributed by atoms with van der Waals surface area (Å²) < 4.78 is 21.6. The monoisotopic (exact) mass is 428 g/mol. The van der Waals surface area contributed by atoms with Crippen LogP contribution >= 0.6 is 24.0 Å². The average Bonchev–Trinajstić information content (AvgIpc) is 3.10. The van der Waals surface area contributed by atoms with Crippen molar-refractivity contribution >= 4 is 41.3 Å². The number of halogens is 2. The number of unbranched alkanes of at least 4 members (excludes halogenated alkanes) is 1. The summed E-state index contributed by atoms with van der Waals surface area (Å²) in [5.74, 6) is 1.49. The van der Waals surface area contributed by atoms with Gasteiger partial charge in [-0.1, -0.05) is 24.9 Å². The second-order valence-electron chi connectivity index (χ2n) is 5.94. The van der Waals surface area contributed by atoms with Crippen molar-refractivity contribution in [1.29, 1.82) is 0 Å². The van der Waals surface area contributed by atoms with E-state index in [1.165, 1.54) is 13.2 Å². The van der Waals surface area contributed by atoms with Crippen molar-refractivity contribution in [2.24, 2.45) is 0 Å². The minimum Gasteiger partial charge on any atom is -0.493 e. The van der Waals surface area contributed by atoms with Crippen LogP contribution in [-0.2, 0) is 0 Å². The van der Waals surface area contributed by atoms with Gasteiger partial charge in [-0.3, -0.25) is 4.79 Å². The largest absolute Gasteiger partial charge is 0.493 e. The molecule has 9 heteroatoms. The van der Waals surface area contributed by atoms with Gasteiger partial charge in [0.15, 0.2) is 23.0 Å². The number of rotatable bonds is 7. The van der Waals surface area contributed by atoms with Crippen LogP contribution in [0.5, 0.6) is 23.0 Å². The van der Waals surface area contributed by atoms with Gasteiger partial charge in [0.1, 0.15) is 0 Å². The first kappa shape index (κ1) is 21.8. The molecule has 0 saturated carbocycles. The zero-order valence-electron chi connectivity index (χ0n) is 15.5. The Morgan fingerprint density at radius 2 is 1.96 bits per heavy atom. The molecule has 3 N–H and O–H groups in total. The third kappa shape index (κ3) is 4.66. The third-order valence-corrected chi connectivity index (χ3v) is 4.31. The Hall–Kier alpha value is -2.51. The first-order chi connectivity index (χ1) is 13.0. The van der Waals surface area contributed by atoms with Gasteiger partial charge in [-0.2, -0.15) is 0 Å². The van der Waals surface area contributed by atoms with Crippen LogP contribution in [0.1, 0.15) is 30.1 Å². The van der Waals surface area contributed by atoms with Gasteiger partial charge in [0.05, 0.1) is 30.1 Å². The fraction of sp³-hybridized carbons (Fsp3) is 0.316. The summed E-state index contributed by atoms with van der Waals surface area (Å²) in [6.45, 7) is 2.71. The molecular formula is C19H22Cl2N2O5. The van der Waals surface area contributed by atoms with Crippen molar-refractivity contribution < 1.29 is 23.7 Å². The van der Waals surface area contributed by atoms with Gasteiger partial charge in [-0.25, -0.2) is 0 Å². The van der Waals surface area contributed by atoms with E-state index in [1.54, 1.807) is 18.2 Å². The Morgan fingerprint density at radius 1 is 1.25 bits per heavy atom. The number of nitrogen functional groups attached to an aromatic ring is 1. The molecule has 1 aliphatic heterocycles. The van der Waals surface area contributed by atoms with Crippen molar-refractivity contribution in [2.75, 3.05) is 31.6 Å². The topological polar surface area (TPSA) is 92.0 Å². The van der Waals surface area contributed by atoms with E-state index >= 15 is 0 Å². The minimum absolute atomic E-state index is 0. The van der Waals surface area contributed by atoms with E-state index in [1.807, 2.05) is 0 Å². The summed E-state index contributed by atoms with van der Waals surface area (Å²) in [7, 11) is 1.50. The highest BCUT2D eigenvalue weighted by atomic mass is 35.5. The van der Waals surface area contributed by atoms with E-state index in [-0.39, 0.29) is 25.1 Å². The van der Waals surface area contributed by atoms with E-state index in [2.05, 4.69) is 12.2 Å². The average molecular weight is 429 g/mol. The molecule has 0 aliphatic carbocycles. The van der Waals surface area contributed by atoms with Crippen LogP contribution in [-0.4, -0.2) is 26.4 Å². The highest BCUT2D eigenvalue weighted by Crippen LogP contribution is 2.39. The van der Waals surface area contributed by atoms with Crippen LogP contribution in [0.25, 0.3) is 0 Å². The number of amides is 1. The van der Waals surface area contributed by atoms with Crippen LogP contribution in [0.15, 0.2) is 24.3 Å². The summed E-state index contributed by atoms with van der Waals surface area (Å²) in [6, 6.07) is 6.34. The first-order valence-corrected chi connectivity index (χ1v) is 8.92. The number of benzene rings is 2. The summed E-state index contributed by atoms with van der Waals surface area (Å²) in [5.41, 5.74) is 7.08. The quantitative estimate of drug-likeness (QED) is 0.497. The van der Waals surface area contributed by atoms with Crippen LogP contribution in [0.4, 0.5) is 11.4 Å². The number of hydrogen-bond acceptors (Lipinski definition) is 6. The SMILES string of the molecule is CCCCOc1c(Cl)cc(C(=O)Nc2cc3c(cc2N)OCO3)cc1OC.Cl. The predicted octanol–water partition coefficient (Wildman–Crippen LogP) is 4.51. The summed E-state index contributed by atoms with van der Waals surface area (Å²) >= 11 is 6.30. The molecule has 0 atom stereocenters. The standard InChI is InChI=1S/C19H21ClN2O5.ClH/c1-3-4-5-25-18-12(20)6-11(7-17(18)24-2)19(23)22-14-9-16-15(8-13(14)21)26-10-27-16;/h6-9H,3-5,10,21H2,1-2H3,(H,22,23);1H. The molecule has 2 aromatic carbocycles. The third-order valence-electron chi connectivity index (χ3n) is 4.03. The van der Waals surface area contributed by atoms with Crippen LogP contribution in [0, 0.1) is 0 Å². The molecule has 1 amide bonds. The molecule has 0 bridgehead atoms. The normalized spacial score (nSPS) is 11.5. The molecule has 28 heavy (non-hydrogen) atoms. The maximum Gasteiger partial charge on any atom is 0.255 e. The first-order valence-electron chi connectivity index (χ1n) is 8.54. The number of methoxy groups -OCH3 is 1. The maximum atomic E-state index is 12.7. The zero-order chi connectivity index (χ0) is 19.4. The molecule has 0 saturated heterocycles. The van der Waals surface area contributed by atoms with Crippen molar-refractivity contribution in [3.8, 4) is 23.0 Å². The maximum absolute atomic E-state index is 12.7. The van der Waals surface area contributed by atoms with Crippen LogP contribution < -0.4 is 30.0 Å². The summed E-state index contributed by atoms with van der Waals surface area (Å²) in [4.78, 5) is 12.7. The van der Waals surface area contributed by atoms with E-state index < -0.39 is 0 Å². The lowest BCUT2D eigenvalue weighted by atomic mass is 10.1. The van der Waals surface area contributed by atoms with Gasteiger partial charge >= 0.3 is 0 Å². The van der Waals surface area contributed by atoms with Crippen molar-refractivity contribution in [3.63, 3.8) is 0 Å². The van der Waals surface area contributed by atoms with Crippen molar-refractivity contribution in [1.82, 2.24) is 0 Å². The molecule has 3 rings (SSSR count). The lowest BCUT2D eigenvalue weighted by Gasteiger charge is -2.14. The number of ether oxygens (including phenoxy) is 4. The van der Waals surface area contributed by atoms with E-state index in [0.29, 0.717) is 51.6 Å². The highest BCUT2D eigenvalue weighted by molar-refractivity contribution is 6.32. The zero-order valence-corrected chi connectivity index (χ0v) is 17.1. The number of nitrogens with two attached hydrogens (primary N) is 1. The molecule has 0 fully saturated rings. The van der Waals surface area contributed by atoms with Gasteiger partial charge in [0.25, 0.3) is 5.91 Å². The smallest absolute Gasteiger partial charge is 0.255 e. The van der Waals surface area contributed by atoms with E-state index in [4.69, 9.17) is 36.3 Å². The van der Waals surface area contributed by atoms with Crippen molar-refractivity contribution in [2.45, 2.75) is 19.8 Å². The second kappa shape index (κ2) is 9.61. The molecule has 0 unspecified atom stereocenters. The number of anilines is 2. The second-order valence-corrected chi connectivity index (χ2v) is 6.35. The molecule has 1 aliphatic rings. The molecule has 0 aromatic heterocycles. The minimum atomic E-state index is -0.388. The van der Waals surface area contributed by atoms with Gasteiger partial charge in [-0.15, -0.1) is 12.4 Å². The van der Waals surface area contributed by atoms with Gasteiger partial charge in [0, 0.05) is 17.7 Å². The van der Waals surface area contributed by atoms with Gasteiger partial charge in [0.2, 0.25) is 6.79 Å². The molecular weight excluding hydrogens is 407 g/mol. The number of nitrogens with one attached hydrogen (secondary N) is 1. The predicted molar refractivity (Wildman–Crippen MR) is 111 cm³/mol. The Morgan fingerprint density at radius 3 is 2.64 bits per heavy atom. The Labute approximate surface area is 174 Å². The number of hydrogen-bond donors (Lipinski definition) is 2. The Bertz CT molecular complexity index is 861. The Kier molecular flexibility index (Phi) is 7.48. The Balaban J connectivity index is 0.00000280. The van der Waals surface area contributed by atoms with Gasteiger partial charge in [-0.05, 0) is 18.6 Å². The summed E-state index contributed by atoms with van der Waals surface area (Å²) in [6.07, 6.45) is 1.89.